The highest BCUT2D eigenvalue weighted by atomic mass is 16.5. The minimum absolute atomic E-state index is 0.0736. The van der Waals surface area contributed by atoms with Gasteiger partial charge in [0.15, 0.2) is 0 Å². The van der Waals surface area contributed by atoms with Gasteiger partial charge in [-0.05, 0) is 44.4 Å². The molecule has 0 bridgehead atoms. The van der Waals surface area contributed by atoms with E-state index in [1.54, 1.807) is 4.90 Å². The Morgan fingerprint density at radius 2 is 1.86 bits per heavy atom. The van der Waals surface area contributed by atoms with Crippen LogP contribution in [-0.4, -0.2) is 44.5 Å². The van der Waals surface area contributed by atoms with Crippen LogP contribution in [0.1, 0.15) is 49.6 Å². The molecule has 35 heavy (non-hydrogen) atoms. The molecule has 1 saturated heterocycles. The van der Waals surface area contributed by atoms with Crippen molar-refractivity contribution < 1.29 is 18.8 Å². The largest absolute Gasteiger partial charge is 0.494 e. The van der Waals surface area contributed by atoms with E-state index >= 15 is 0 Å². The first kappa shape index (κ1) is 23.1. The van der Waals surface area contributed by atoms with Crippen molar-refractivity contribution in [2.75, 3.05) is 6.61 Å². The van der Waals surface area contributed by atoms with Crippen molar-refractivity contribution in [3.8, 4) is 17.1 Å². The molecule has 0 N–H and O–H groups in total. The van der Waals surface area contributed by atoms with Crippen LogP contribution in [0.15, 0.2) is 53.1 Å². The molecule has 0 spiro atoms. The maximum atomic E-state index is 13.6. The van der Waals surface area contributed by atoms with Crippen LogP contribution in [0.25, 0.3) is 11.4 Å². The Balaban J connectivity index is 1.38. The van der Waals surface area contributed by atoms with Gasteiger partial charge in [0.25, 0.3) is 0 Å². The Kier molecular flexibility index (Phi) is 6.53. The van der Waals surface area contributed by atoms with Crippen LogP contribution in [0, 0.1) is 12.8 Å². The molecule has 2 unspecified atom stereocenters. The van der Waals surface area contributed by atoms with Gasteiger partial charge in [0.05, 0.1) is 19.1 Å². The van der Waals surface area contributed by atoms with Gasteiger partial charge in [0.1, 0.15) is 12.3 Å². The minimum atomic E-state index is -0.295. The summed E-state index contributed by atoms with van der Waals surface area (Å²) in [5.74, 6) is 1.26. The number of urea groups is 1. The molecular weight excluding hydrogens is 444 g/mol. The smallest absolute Gasteiger partial charge is 0.327 e. The van der Waals surface area contributed by atoms with Crippen molar-refractivity contribution in [3.05, 3.63) is 65.5 Å². The SMILES string of the molecule is CCOc1cccc(-c2noc(CN3C(=O)N(Cc4ccc(C)cc4)C(=O)C4CCCCC43)n2)c1. The topological polar surface area (TPSA) is 88.8 Å². The highest BCUT2D eigenvalue weighted by Gasteiger charge is 2.47. The molecule has 2 atom stereocenters. The van der Waals surface area contributed by atoms with E-state index in [1.807, 2.05) is 62.4 Å². The molecule has 1 aliphatic heterocycles. The zero-order valence-electron chi connectivity index (χ0n) is 20.1. The third-order valence-corrected chi connectivity index (χ3v) is 6.83. The van der Waals surface area contributed by atoms with Crippen molar-refractivity contribution in [1.82, 2.24) is 19.9 Å². The number of amides is 3. The molecule has 1 aromatic heterocycles. The number of carbonyl (C=O) groups is 2. The third kappa shape index (κ3) is 4.78. The third-order valence-electron chi connectivity index (χ3n) is 6.83. The van der Waals surface area contributed by atoms with Gasteiger partial charge < -0.3 is 14.2 Å². The molecule has 182 valence electrons. The first-order valence-corrected chi connectivity index (χ1v) is 12.3. The van der Waals surface area contributed by atoms with Crippen molar-refractivity contribution >= 4 is 11.9 Å². The van der Waals surface area contributed by atoms with E-state index in [9.17, 15) is 9.59 Å². The van der Waals surface area contributed by atoms with E-state index in [-0.39, 0.29) is 37.0 Å². The molecular formula is C27H30N4O4. The number of fused-ring (bicyclic) bond motifs is 1. The van der Waals surface area contributed by atoms with E-state index in [4.69, 9.17) is 9.26 Å². The molecule has 8 nitrogen and oxygen atoms in total. The lowest BCUT2D eigenvalue weighted by molar-refractivity contribution is -0.141. The summed E-state index contributed by atoms with van der Waals surface area (Å²) in [7, 11) is 0. The summed E-state index contributed by atoms with van der Waals surface area (Å²) < 4.78 is 11.1. The van der Waals surface area contributed by atoms with Crippen LogP contribution < -0.4 is 4.74 Å². The molecule has 2 fully saturated rings. The number of aromatic nitrogens is 2. The Hall–Kier alpha value is -3.68. The molecule has 0 radical (unpaired) electrons. The average molecular weight is 475 g/mol. The fraction of sp³-hybridized carbons (Fsp3) is 0.407. The van der Waals surface area contributed by atoms with Crippen molar-refractivity contribution in [1.29, 1.82) is 0 Å². The fourth-order valence-electron chi connectivity index (χ4n) is 5.04. The van der Waals surface area contributed by atoms with Crippen molar-refractivity contribution in [2.45, 2.75) is 58.7 Å². The molecule has 5 rings (SSSR count). The quantitative estimate of drug-likeness (QED) is 0.481. The summed E-state index contributed by atoms with van der Waals surface area (Å²) in [5.41, 5.74) is 2.85. The summed E-state index contributed by atoms with van der Waals surface area (Å²) in [6, 6.07) is 15.0. The average Bonchev–Trinajstić information content (AvgIpc) is 3.35. The summed E-state index contributed by atoms with van der Waals surface area (Å²) in [6.07, 6.45) is 3.58. The van der Waals surface area contributed by atoms with E-state index in [0.29, 0.717) is 18.3 Å². The Morgan fingerprint density at radius 1 is 1.06 bits per heavy atom. The number of carbonyl (C=O) groups excluding carboxylic acids is 2. The van der Waals surface area contributed by atoms with Crippen LogP contribution >= 0.6 is 0 Å². The van der Waals surface area contributed by atoms with Crippen molar-refractivity contribution in [2.24, 2.45) is 5.92 Å². The molecule has 1 aliphatic carbocycles. The molecule has 8 heteroatoms. The van der Waals surface area contributed by atoms with Crippen LogP contribution in [0.3, 0.4) is 0 Å². The van der Waals surface area contributed by atoms with Crippen LogP contribution in [0.2, 0.25) is 0 Å². The number of ether oxygens (including phenoxy) is 1. The Bertz CT molecular complexity index is 1210. The molecule has 3 amide bonds. The van der Waals surface area contributed by atoms with E-state index in [2.05, 4.69) is 10.1 Å². The summed E-state index contributed by atoms with van der Waals surface area (Å²) in [5, 5.41) is 4.13. The lowest BCUT2D eigenvalue weighted by atomic mass is 9.81. The van der Waals surface area contributed by atoms with Crippen molar-refractivity contribution in [3.63, 3.8) is 0 Å². The lowest BCUT2D eigenvalue weighted by Gasteiger charge is -2.46. The highest BCUT2D eigenvalue weighted by molar-refractivity contribution is 5.98. The number of hydrogen-bond donors (Lipinski definition) is 0. The molecule has 1 saturated carbocycles. The zero-order valence-corrected chi connectivity index (χ0v) is 20.1. The number of rotatable bonds is 7. The minimum Gasteiger partial charge on any atom is -0.494 e. The number of imide groups is 1. The van der Waals surface area contributed by atoms with E-state index in [0.717, 1.165) is 48.1 Å². The Labute approximate surface area is 204 Å². The number of hydrogen-bond acceptors (Lipinski definition) is 6. The Morgan fingerprint density at radius 3 is 2.66 bits per heavy atom. The van der Waals surface area contributed by atoms with Gasteiger partial charge in [-0.25, -0.2) is 4.79 Å². The molecule has 2 aliphatic rings. The van der Waals surface area contributed by atoms with Gasteiger partial charge >= 0.3 is 6.03 Å². The molecule has 3 aromatic rings. The number of benzene rings is 2. The molecule has 2 aromatic carbocycles. The van der Waals surface area contributed by atoms with E-state index < -0.39 is 0 Å². The monoisotopic (exact) mass is 474 g/mol. The highest BCUT2D eigenvalue weighted by Crippen LogP contribution is 2.36. The first-order chi connectivity index (χ1) is 17.0. The zero-order chi connectivity index (χ0) is 24.4. The van der Waals surface area contributed by atoms with Crippen LogP contribution in [0.4, 0.5) is 4.79 Å². The summed E-state index contributed by atoms with van der Waals surface area (Å²) in [4.78, 5) is 34.6. The second kappa shape index (κ2) is 9.90. The second-order valence-electron chi connectivity index (χ2n) is 9.25. The lowest BCUT2D eigenvalue weighted by Crippen LogP contribution is -2.61. The van der Waals surface area contributed by atoms with E-state index in [1.165, 1.54) is 4.90 Å². The summed E-state index contributed by atoms with van der Waals surface area (Å²) >= 11 is 0. The van der Waals surface area contributed by atoms with Gasteiger partial charge in [-0.3, -0.25) is 9.69 Å². The van der Waals surface area contributed by atoms with Crippen LogP contribution in [-0.2, 0) is 17.9 Å². The van der Waals surface area contributed by atoms with Gasteiger partial charge in [-0.1, -0.05) is 60.0 Å². The maximum absolute atomic E-state index is 13.6. The first-order valence-electron chi connectivity index (χ1n) is 12.3. The van der Waals surface area contributed by atoms with Crippen LogP contribution in [0.5, 0.6) is 5.75 Å². The molecule has 2 heterocycles. The predicted octanol–water partition coefficient (Wildman–Crippen LogP) is 4.97. The predicted molar refractivity (Wildman–Crippen MR) is 129 cm³/mol. The van der Waals surface area contributed by atoms with Gasteiger partial charge in [-0.15, -0.1) is 0 Å². The van der Waals surface area contributed by atoms with Gasteiger partial charge in [-0.2, -0.15) is 4.98 Å². The second-order valence-corrected chi connectivity index (χ2v) is 9.25. The number of nitrogens with zero attached hydrogens (tertiary/aromatic N) is 4. The number of aryl methyl sites for hydroxylation is 1. The summed E-state index contributed by atoms with van der Waals surface area (Å²) in [6.45, 7) is 4.95. The van der Waals surface area contributed by atoms with Gasteiger partial charge in [0.2, 0.25) is 17.6 Å². The maximum Gasteiger partial charge on any atom is 0.327 e. The normalized spacial score (nSPS) is 20.2. The fourth-order valence-corrected chi connectivity index (χ4v) is 5.04. The standard InChI is InChI=1S/C27H30N4O4/c1-3-34-21-8-6-7-20(15-21)25-28-24(35-29-25)17-30-23-10-5-4-9-22(23)26(32)31(27(30)33)16-19-13-11-18(2)12-14-19/h6-8,11-15,22-23H,3-5,9-10,16-17H2,1-2H3. The van der Waals surface area contributed by atoms with Gasteiger partial charge in [0, 0.05) is 11.6 Å².